The van der Waals surface area contributed by atoms with Crippen LogP contribution in [0.3, 0.4) is 0 Å². The molecule has 1 aromatic carbocycles. The number of hydrogen-bond acceptors (Lipinski definition) is 4. The molecule has 2 heterocycles. The highest BCUT2D eigenvalue weighted by Crippen LogP contribution is 2.16. The van der Waals surface area contributed by atoms with Crippen molar-refractivity contribution in [2.45, 2.75) is 13.0 Å². The summed E-state index contributed by atoms with van der Waals surface area (Å²) in [6.45, 7) is 2.56. The van der Waals surface area contributed by atoms with Crippen LogP contribution in [0.1, 0.15) is 15.9 Å². The molecule has 7 heteroatoms. The van der Waals surface area contributed by atoms with E-state index >= 15 is 0 Å². The predicted octanol–water partition coefficient (Wildman–Crippen LogP) is 1.11. The van der Waals surface area contributed by atoms with Gasteiger partial charge in [0.25, 0.3) is 5.91 Å². The Bertz CT molecular complexity index is 740. The van der Waals surface area contributed by atoms with Crippen LogP contribution in [0.25, 0.3) is 5.69 Å². The lowest BCUT2D eigenvalue weighted by atomic mass is 10.2. The zero-order valence-corrected chi connectivity index (χ0v) is 12.7. The number of benzene rings is 1. The van der Waals surface area contributed by atoms with Gasteiger partial charge in [-0.3, -0.25) is 4.79 Å². The lowest BCUT2D eigenvalue weighted by Gasteiger charge is -2.32. The average Bonchev–Trinajstić information content (AvgIpc) is 3.04. The fourth-order valence-electron chi connectivity index (χ4n) is 2.60. The number of aryl methyl sites for hydroxylation is 1. The van der Waals surface area contributed by atoms with Crippen molar-refractivity contribution in [2.75, 3.05) is 19.8 Å². The van der Waals surface area contributed by atoms with E-state index in [1.165, 1.54) is 11.1 Å². The van der Waals surface area contributed by atoms with E-state index in [-0.39, 0.29) is 19.1 Å². The van der Waals surface area contributed by atoms with Crippen molar-refractivity contribution < 1.29 is 19.4 Å². The molecule has 0 aliphatic carbocycles. The minimum atomic E-state index is -1.07. The largest absolute Gasteiger partial charge is 0.480 e. The van der Waals surface area contributed by atoms with Gasteiger partial charge in [-0.15, -0.1) is 0 Å². The van der Waals surface area contributed by atoms with Gasteiger partial charge < -0.3 is 14.7 Å². The summed E-state index contributed by atoms with van der Waals surface area (Å²) in [4.78, 5) is 25.2. The summed E-state index contributed by atoms with van der Waals surface area (Å²) in [7, 11) is 0. The second kappa shape index (κ2) is 6.21. The molecular weight excluding hydrogens is 298 g/mol. The number of aliphatic carboxylic acids is 1. The maximum absolute atomic E-state index is 12.6. The van der Waals surface area contributed by atoms with E-state index in [1.807, 2.05) is 31.2 Å². The van der Waals surface area contributed by atoms with Crippen molar-refractivity contribution in [3.05, 3.63) is 47.8 Å². The average molecular weight is 315 g/mol. The van der Waals surface area contributed by atoms with E-state index in [2.05, 4.69) is 5.10 Å². The highest BCUT2D eigenvalue weighted by molar-refractivity contribution is 5.96. The fraction of sp³-hybridized carbons (Fsp3) is 0.312. The summed E-state index contributed by atoms with van der Waals surface area (Å²) in [5.74, 6) is -1.41. The van der Waals surface area contributed by atoms with Crippen LogP contribution in [0.15, 0.2) is 36.7 Å². The molecule has 1 aliphatic heterocycles. The molecule has 0 saturated carbocycles. The number of carbonyl (C=O) groups excluding carboxylic acids is 1. The quantitative estimate of drug-likeness (QED) is 0.917. The Morgan fingerprint density at radius 2 is 2.13 bits per heavy atom. The monoisotopic (exact) mass is 315 g/mol. The molecule has 1 atom stereocenters. The second-order valence-electron chi connectivity index (χ2n) is 5.39. The molecule has 2 aromatic rings. The summed E-state index contributed by atoms with van der Waals surface area (Å²) < 4.78 is 6.78. The number of amides is 1. The number of carbonyl (C=O) groups is 2. The number of hydrogen-bond donors (Lipinski definition) is 1. The fourth-order valence-corrected chi connectivity index (χ4v) is 2.60. The number of carboxylic acids is 1. The SMILES string of the molecule is Cc1ccccc1-n1cc(C(=O)N2CCOCC2C(=O)O)cn1. The summed E-state index contributed by atoms with van der Waals surface area (Å²) in [5, 5.41) is 13.5. The third-order valence-electron chi connectivity index (χ3n) is 3.87. The first-order valence-electron chi connectivity index (χ1n) is 7.30. The van der Waals surface area contributed by atoms with Crippen LogP contribution in [0.2, 0.25) is 0 Å². The third-order valence-corrected chi connectivity index (χ3v) is 3.87. The minimum absolute atomic E-state index is 0.00695. The maximum Gasteiger partial charge on any atom is 0.328 e. The smallest absolute Gasteiger partial charge is 0.328 e. The van der Waals surface area contributed by atoms with Gasteiger partial charge in [0.1, 0.15) is 0 Å². The Kier molecular flexibility index (Phi) is 4.12. The number of nitrogens with zero attached hydrogens (tertiary/aromatic N) is 3. The number of carboxylic acid groups (broad SMARTS) is 1. The van der Waals surface area contributed by atoms with Crippen LogP contribution < -0.4 is 0 Å². The Labute approximate surface area is 133 Å². The van der Waals surface area contributed by atoms with Gasteiger partial charge in [-0.1, -0.05) is 18.2 Å². The number of aromatic nitrogens is 2. The molecule has 1 aromatic heterocycles. The Hall–Kier alpha value is -2.67. The predicted molar refractivity (Wildman–Crippen MR) is 81.6 cm³/mol. The molecule has 0 bridgehead atoms. The van der Waals surface area contributed by atoms with E-state index in [0.717, 1.165) is 11.3 Å². The first-order chi connectivity index (χ1) is 11.1. The lowest BCUT2D eigenvalue weighted by Crippen LogP contribution is -2.52. The number of para-hydroxylation sites is 1. The van der Waals surface area contributed by atoms with Gasteiger partial charge in [0, 0.05) is 12.7 Å². The molecular formula is C16H17N3O4. The van der Waals surface area contributed by atoms with Crippen LogP contribution >= 0.6 is 0 Å². The van der Waals surface area contributed by atoms with E-state index < -0.39 is 12.0 Å². The van der Waals surface area contributed by atoms with Crippen LogP contribution in [-0.2, 0) is 9.53 Å². The zero-order chi connectivity index (χ0) is 16.4. The van der Waals surface area contributed by atoms with Gasteiger partial charge in [-0.2, -0.15) is 5.10 Å². The highest BCUT2D eigenvalue weighted by Gasteiger charge is 2.33. The maximum atomic E-state index is 12.6. The Morgan fingerprint density at radius 1 is 1.35 bits per heavy atom. The van der Waals surface area contributed by atoms with E-state index in [1.54, 1.807) is 10.9 Å². The van der Waals surface area contributed by atoms with Crippen LogP contribution in [0.5, 0.6) is 0 Å². The highest BCUT2D eigenvalue weighted by atomic mass is 16.5. The summed E-state index contributed by atoms with van der Waals surface area (Å²) >= 11 is 0. The molecule has 3 rings (SSSR count). The topological polar surface area (TPSA) is 84.7 Å². The summed E-state index contributed by atoms with van der Waals surface area (Å²) in [6, 6.07) is 6.73. The van der Waals surface area contributed by atoms with Crippen molar-refractivity contribution >= 4 is 11.9 Å². The van der Waals surface area contributed by atoms with Crippen LogP contribution in [0.4, 0.5) is 0 Å². The van der Waals surface area contributed by atoms with Gasteiger partial charge in [-0.05, 0) is 18.6 Å². The van der Waals surface area contributed by atoms with Gasteiger partial charge in [0.15, 0.2) is 6.04 Å². The first-order valence-corrected chi connectivity index (χ1v) is 7.30. The normalized spacial score (nSPS) is 18.0. The summed E-state index contributed by atoms with van der Waals surface area (Å²) in [6.07, 6.45) is 3.09. The number of rotatable bonds is 3. The molecule has 1 N–H and O–H groups in total. The second-order valence-corrected chi connectivity index (χ2v) is 5.39. The van der Waals surface area contributed by atoms with Gasteiger partial charge in [-0.25, -0.2) is 9.48 Å². The molecule has 120 valence electrons. The zero-order valence-electron chi connectivity index (χ0n) is 12.7. The minimum Gasteiger partial charge on any atom is -0.480 e. The lowest BCUT2D eigenvalue weighted by molar-refractivity contribution is -0.147. The van der Waals surface area contributed by atoms with Crippen LogP contribution in [-0.4, -0.2) is 57.5 Å². The van der Waals surface area contributed by atoms with Crippen molar-refractivity contribution in [1.82, 2.24) is 14.7 Å². The molecule has 0 spiro atoms. The van der Waals surface area contributed by atoms with Crippen LogP contribution in [0, 0.1) is 6.92 Å². The molecule has 23 heavy (non-hydrogen) atoms. The van der Waals surface area contributed by atoms with Crippen molar-refractivity contribution in [2.24, 2.45) is 0 Å². The molecule has 1 saturated heterocycles. The van der Waals surface area contributed by atoms with E-state index in [0.29, 0.717) is 12.2 Å². The van der Waals surface area contributed by atoms with Crippen molar-refractivity contribution in [3.63, 3.8) is 0 Å². The molecule has 1 unspecified atom stereocenters. The summed E-state index contributed by atoms with van der Waals surface area (Å²) in [5.41, 5.74) is 2.27. The number of ether oxygens (including phenoxy) is 1. The molecule has 1 aliphatic rings. The van der Waals surface area contributed by atoms with Crippen molar-refractivity contribution in [1.29, 1.82) is 0 Å². The Morgan fingerprint density at radius 3 is 2.87 bits per heavy atom. The molecule has 1 amide bonds. The molecule has 0 radical (unpaired) electrons. The van der Waals surface area contributed by atoms with E-state index in [4.69, 9.17) is 4.74 Å². The van der Waals surface area contributed by atoms with Crippen molar-refractivity contribution in [3.8, 4) is 5.69 Å². The standard InChI is InChI=1S/C16H17N3O4/c1-11-4-2-3-5-13(11)19-9-12(8-17-19)15(20)18-6-7-23-10-14(18)16(21)22/h2-5,8-9,14H,6-7,10H2,1H3,(H,21,22). The van der Waals surface area contributed by atoms with Gasteiger partial charge >= 0.3 is 5.97 Å². The number of morpholine rings is 1. The Balaban J connectivity index is 1.86. The van der Waals surface area contributed by atoms with E-state index in [9.17, 15) is 14.7 Å². The van der Waals surface area contributed by atoms with Gasteiger partial charge in [0.2, 0.25) is 0 Å². The molecule has 1 fully saturated rings. The third kappa shape index (κ3) is 2.95. The first kappa shape index (κ1) is 15.2. The molecule has 7 nitrogen and oxygen atoms in total. The van der Waals surface area contributed by atoms with Gasteiger partial charge in [0.05, 0.1) is 30.7 Å².